The van der Waals surface area contributed by atoms with Crippen LogP contribution in [0.15, 0.2) is 18.2 Å². The van der Waals surface area contributed by atoms with Gasteiger partial charge in [-0.3, -0.25) is 0 Å². The average Bonchev–Trinajstić information content (AvgIpc) is 2.07. The van der Waals surface area contributed by atoms with Crippen LogP contribution in [0.1, 0.15) is 25.8 Å². The highest BCUT2D eigenvalue weighted by Crippen LogP contribution is 2.22. The van der Waals surface area contributed by atoms with E-state index in [1.165, 1.54) is 0 Å². The predicted octanol–water partition coefficient (Wildman–Crippen LogP) is 3.22. The summed E-state index contributed by atoms with van der Waals surface area (Å²) >= 11 is 6.05. The maximum absolute atomic E-state index is 9.54. The Morgan fingerprint density at radius 3 is 2.60 bits per heavy atom. The fourth-order valence-electron chi connectivity index (χ4n) is 1.27. The predicted molar refractivity (Wildman–Crippen MR) is 65.6 cm³/mol. The van der Waals surface area contributed by atoms with E-state index >= 15 is 0 Å². The van der Waals surface area contributed by atoms with E-state index in [0.29, 0.717) is 13.0 Å². The Morgan fingerprint density at radius 1 is 1.40 bits per heavy atom. The number of anilines is 1. The second kappa shape index (κ2) is 4.86. The van der Waals surface area contributed by atoms with E-state index in [2.05, 4.69) is 5.32 Å². The third kappa shape index (κ3) is 4.54. The summed E-state index contributed by atoms with van der Waals surface area (Å²) in [6, 6.07) is 5.90. The molecule has 84 valence electrons. The molecule has 0 saturated carbocycles. The molecule has 0 fully saturated rings. The van der Waals surface area contributed by atoms with Crippen molar-refractivity contribution in [3.05, 3.63) is 28.8 Å². The van der Waals surface area contributed by atoms with Gasteiger partial charge in [0.2, 0.25) is 0 Å². The maximum atomic E-state index is 9.54. The number of hydrogen-bond donors (Lipinski definition) is 2. The molecule has 15 heavy (non-hydrogen) atoms. The monoisotopic (exact) mass is 227 g/mol. The molecule has 2 N–H and O–H groups in total. The SMILES string of the molecule is Cc1ccc(NCCC(C)(C)O)c(Cl)c1. The molecular formula is C12H18ClNO. The highest BCUT2D eigenvalue weighted by atomic mass is 35.5. The van der Waals surface area contributed by atoms with Crippen LogP contribution < -0.4 is 5.32 Å². The Hall–Kier alpha value is -0.730. The van der Waals surface area contributed by atoms with E-state index in [1.54, 1.807) is 13.8 Å². The Balaban J connectivity index is 2.51. The Labute approximate surface area is 96.3 Å². The lowest BCUT2D eigenvalue weighted by atomic mass is 10.1. The van der Waals surface area contributed by atoms with E-state index in [9.17, 15) is 5.11 Å². The molecule has 0 aliphatic rings. The Morgan fingerprint density at radius 2 is 2.07 bits per heavy atom. The molecule has 0 aliphatic carbocycles. The summed E-state index contributed by atoms with van der Waals surface area (Å²) in [6.07, 6.45) is 0.692. The molecule has 0 aromatic heterocycles. The first-order valence-corrected chi connectivity index (χ1v) is 5.49. The van der Waals surface area contributed by atoms with Crippen LogP contribution in [0.2, 0.25) is 5.02 Å². The molecule has 0 heterocycles. The zero-order valence-corrected chi connectivity index (χ0v) is 10.2. The van der Waals surface area contributed by atoms with Gasteiger partial charge < -0.3 is 10.4 Å². The topological polar surface area (TPSA) is 32.3 Å². The lowest BCUT2D eigenvalue weighted by Crippen LogP contribution is -2.22. The van der Waals surface area contributed by atoms with E-state index in [4.69, 9.17) is 11.6 Å². The highest BCUT2D eigenvalue weighted by molar-refractivity contribution is 6.33. The van der Waals surface area contributed by atoms with Gasteiger partial charge in [-0.15, -0.1) is 0 Å². The Kier molecular flexibility index (Phi) is 4.00. The van der Waals surface area contributed by atoms with Gasteiger partial charge in [-0.25, -0.2) is 0 Å². The number of benzene rings is 1. The number of aliphatic hydroxyl groups is 1. The van der Waals surface area contributed by atoms with Gasteiger partial charge in [-0.05, 0) is 44.9 Å². The van der Waals surface area contributed by atoms with Gasteiger partial charge in [-0.2, -0.15) is 0 Å². The first kappa shape index (κ1) is 12.3. The molecule has 1 aromatic rings. The van der Waals surface area contributed by atoms with Crippen molar-refractivity contribution in [2.24, 2.45) is 0 Å². The first-order valence-electron chi connectivity index (χ1n) is 5.11. The van der Waals surface area contributed by atoms with E-state index in [1.807, 2.05) is 25.1 Å². The van der Waals surface area contributed by atoms with Gasteiger partial charge in [0.15, 0.2) is 0 Å². The van der Waals surface area contributed by atoms with Gasteiger partial charge in [0, 0.05) is 6.54 Å². The number of rotatable bonds is 4. The minimum atomic E-state index is -0.635. The van der Waals surface area contributed by atoms with Crippen LogP contribution in [0, 0.1) is 6.92 Å². The van der Waals surface area contributed by atoms with Crippen molar-refractivity contribution in [1.82, 2.24) is 0 Å². The fraction of sp³-hybridized carbons (Fsp3) is 0.500. The van der Waals surface area contributed by atoms with Gasteiger partial charge in [0.25, 0.3) is 0 Å². The summed E-state index contributed by atoms with van der Waals surface area (Å²) in [5, 5.41) is 13.5. The quantitative estimate of drug-likeness (QED) is 0.828. The van der Waals surface area contributed by atoms with Crippen molar-refractivity contribution in [1.29, 1.82) is 0 Å². The molecule has 0 radical (unpaired) electrons. The lowest BCUT2D eigenvalue weighted by Gasteiger charge is -2.18. The average molecular weight is 228 g/mol. The second-order valence-corrected chi connectivity index (χ2v) is 4.88. The number of aryl methyl sites for hydroxylation is 1. The van der Waals surface area contributed by atoms with Crippen LogP contribution in [-0.2, 0) is 0 Å². The summed E-state index contributed by atoms with van der Waals surface area (Å²) < 4.78 is 0. The first-order chi connectivity index (χ1) is 6.88. The zero-order valence-electron chi connectivity index (χ0n) is 9.47. The number of halogens is 1. The molecule has 0 spiro atoms. The van der Waals surface area contributed by atoms with Gasteiger partial charge in [0.05, 0.1) is 16.3 Å². The molecule has 0 unspecified atom stereocenters. The highest BCUT2D eigenvalue weighted by Gasteiger charge is 2.11. The van der Waals surface area contributed by atoms with E-state index in [-0.39, 0.29) is 0 Å². The molecule has 0 amide bonds. The molecule has 0 saturated heterocycles. The van der Waals surface area contributed by atoms with Crippen LogP contribution >= 0.6 is 11.6 Å². The van der Waals surface area contributed by atoms with Crippen molar-refractivity contribution in [2.45, 2.75) is 32.8 Å². The zero-order chi connectivity index (χ0) is 11.5. The number of nitrogens with one attached hydrogen (secondary N) is 1. The van der Waals surface area contributed by atoms with Gasteiger partial charge in [0.1, 0.15) is 0 Å². The summed E-state index contributed by atoms with van der Waals surface area (Å²) in [5.41, 5.74) is 1.43. The van der Waals surface area contributed by atoms with Crippen LogP contribution in [-0.4, -0.2) is 17.3 Å². The van der Waals surface area contributed by atoms with Crippen molar-refractivity contribution >= 4 is 17.3 Å². The van der Waals surface area contributed by atoms with Crippen molar-refractivity contribution in [3.8, 4) is 0 Å². The summed E-state index contributed by atoms with van der Waals surface area (Å²) in [4.78, 5) is 0. The van der Waals surface area contributed by atoms with Crippen molar-refractivity contribution in [3.63, 3.8) is 0 Å². The molecule has 2 nitrogen and oxygen atoms in total. The van der Waals surface area contributed by atoms with Crippen LogP contribution in [0.3, 0.4) is 0 Å². The van der Waals surface area contributed by atoms with Gasteiger partial charge in [-0.1, -0.05) is 17.7 Å². The third-order valence-corrected chi connectivity index (χ3v) is 2.49. The minimum absolute atomic E-state index is 0.635. The van der Waals surface area contributed by atoms with Gasteiger partial charge >= 0.3 is 0 Å². The molecule has 1 aromatic carbocycles. The van der Waals surface area contributed by atoms with Crippen LogP contribution in [0.25, 0.3) is 0 Å². The molecule has 3 heteroatoms. The van der Waals surface area contributed by atoms with Crippen molar-refractivity contribution < 1.29 is 5.11 Å². The smallest absolute Gasteiger partial charge is 0.0640 e. The Bertz CT molecular complexity index is 331. The minimum Gasteiger partial charge on any atom is -0.390 e. The van der Waals surface area contributed by atoms with E-state index < -0.39 is 5.60 Å². The molecule has 1 rings (SSSR count). The molecule has 0 atom stereocenters. The lowest BCUT2D eigenvalue weighted by molar-refractivity contribution is 0.0749. The fourth-order valence-corrected chi connectivity index (χ4v) is 1.57. The van der Waals surface area contributed by atoms with Crippen molar-refractivity contribution in [2.75, 3.05) is 11.9 Å². The number of hydrogen-bond acceptors (Lipinski definition) is 2. The summed E-state index contributed by atoms with van der Waals surface area (Å²) in [6.45, 7) is 6.32. The summed E-state index contributed by atoms with van der Waals surface area (Å²) in [5.74, 6) is 0. The maximum Gasteiger partial charge on any atom is 0.0640 e. The molecule has 0 bridgehead atoms. The standard InChI is InChI=1S/C12H18ClNO/c1-9-4-5-11(10(13)8-9)14-7-6-12(2,3)15/h4-5,8,14-15H,6-7H2,1-3H3. The normalized spacial score (nSPS) is 11.5. The van der Waals surface area contributed by atoms with Crippen LogP contribution in [0.5, 0.6) is 0 Å². The molecular weight excluding hydrogens is 210 g/mol. The second-order valence-electron chi connectivity index (χ2n) is 4.47. The third-order valence-electron chi connectivity index (χ3n) is 2.18. The van der Waals surface area contributed by atoms with Crippen LogP contribution in [0.4, 0.5) is 5.69 Å². The van der Waals surface area contributed by atoms with E-state index in [0.717, 1.165) is 16.3 Å². The largest absolute Gasteiger partial charge is 0.390 e. The molecule has 0 aliphatic heterocycles. The summed E-state index contributed by atoms with van der Waals surface area (Å²) in [7, 11) is 0.